The van der Waals surface area contributed by atoms with Crippen molar-refractivity contribution in [1.82, 2.24) is 10.2 Å². The fourth-order valence-corrected chi connectivity index (χ4v) is 2.56. The Morgan fingerprint density at radius 2 is 1.87 bits per heavy atom. The van der Waals surface area contributed by atoms with E-state index in [1.54, 1.807) is 0 Å². The van der Waals surface area contributed by atoms with Crippen molar-refractivity contribution in [3.8, 4) is 0 Å². The van der Waals surface area contributed by atoms with E-state index in [1.165, 1.54) is 0 Å². The zero-order valence-electron chi connectivity index (χ0n) is 14.5. The third-order valence-corrected chi connectivity index (χ3v) is 4.33. The summed E-state index contributed by atoms with van der Waals surface area (Å²) in [5.74, 6) is -0.324. The van der Waals surface area contributed by atoms with E-state index in [0.717, 1.165) is 29.8 Å². The van der Waals surface area contributed by atoms with Crippen molar-refractivity contribution < 1.29 is 9.59 Å². The first-order valence-electron chi connectivity index (χ1n) is 8.17. The second kappa shape index (κ2) is 7.13. The topological polar surface area (TPSA) is 61.4 Å². The number of nitrogens with one attached hydrogen (secondary N) is 2. The number of nitrogens with zero attached hydrogens (tertiary/aromatic N) is 1. The van der Waals surface area contributed by atoms with Crippen molar-refractivity contribution >= 4 is 17.5 Å². The third-order valence-electron chi connectivity index (χ3n) is 4.33. The molecule has 0 aliphatic heterocycles. The molecular weight excluding hydrogens is 290 g/mol. The summed E-state index contributed by atoms with van der Waals surface area (Å²) in [7, 11) is 4.00. The van der Waals surface area contributed by atoms with E-state index >= 15 is 0 Å². The zero-order chi connectivity index (χ0) is 17.0. The number of hydrogen-bond acceptors (Lipinski definition) is 3. The Bertz CT molecular complexity index is 592. The Hall–Kier alpha value is -1.88. The molecule has 1 fully saturated rings. The number of carbonyl (C=O) groups is 2. The van der Waals surface area contributed by atoms with Crippen molar-refractivity contribution in [2.24, 2.45) is 5.41 Å². The van der Waals surface area contributed by atoms with E-state index in [9.17, 15) is 9.59 Å². The lowest BCUT2D eigenvalue weighted by atomic mass is 10.0. The molecule has 2 N–H and O–H groups in total. The molecule has 23 heavy (non-hydrogen) atoms. The molecular formula is C18H27N3O2. The smallest absolute Gasteiger partial charge is 0.240 e. The van der Waals surface area contributed by atoms with Gasteiger partial charge in [-0.25, -0.2) is 0 Å². The standard InChI is InChI=1S/C18H27N3O2/c1-13-6-7-14(2)15(12-13)20-17(23)18(8-9-18)16(22)19-10-5-11-21(3)4/h6-7,12H,5,8-11H2,1-4H3,(H,19,22)(H,20,23). The van der Waals surface area contributed by atoms with Crippen molar-refractivity contribution in [1.29, 1.82) is 0 Å². The van der Waals surface area contributed by atoms with Crippen LogP contribution in [0.4, 0.5) is 5.69 Å². The maximum Gasteiger partial charge on any atom is 0.240 e. The minimum absolute atomic E-state index is 0.140. The van der Waals surface area contributed by atoms with Gasteiger partial charge >= 0.3 is 0 Å². The van der Waals surface area contributed by atoms with Gasteiger partial charge in [-0.2, -0.15) is 0 Å². The zero-order valence-corrected chi connectivity index (χ0v) is 14.5. The number of aryl methyl sites for hydroxylation is 2. The van der Waals surface area contributed by atoms with Crippen LogP contribution in [0.15, 0.2) is 18.2 Å². The van der Waals surface area contributed by atoms with Crippen molar-refractivity contribution in [2.45, 2.75) is 33.1 Å². The number of hydrogen-bond donors (Lipinski definition) is 2. The number of amides is 2. The van der Waals surface area contributed by atoms with Crippen LogP contribution in [0, 0.1) is 19.3 Å². The molecule has 1 aromatic rings. The van der Waals surface area contributed by atoms with Crippen LogP contribution in [-0.2, 0) is 9.59 Å². The van der Waals surface area contributed by atoms with Gasteiger partial charge in [-0.1, -0.05) is 12.1 Å². The third kappa shape index (κ3) is 4.32. The summed E-state index contributed by atoms with van der Waals surface area (Å²) < 4.78 is 0. The van der Waals surface area contributed by atoms with E-state index in [-0.39, 0.29) is 11.8 Å². The molecule has 126 valence electrons. The monoisotopic (exact) mass is 317 g/mol. The molecule has 0 spiro atoms. The lowest BCUT2D eigenvalue weighted by molar-refractivity contribution is -0.134. The van der Waals surface area contributed by atoms with E-state index in [2.05, 4.69) is 15.5 Å². The SMILES string of the molecule is Cc1ccc(C)c(NC(=O)C2(C(=O)NCCCN(C)C)CC2)c1. The molecule has 5 heteroatoms. The van der Waals surface area contributed by atoms with Gasteiger partial charge in [-0.05, 0) is 70.9 Å². The molecule has 2 amide bonds. The second-order valence-electron chi connectivity index (χ2n) is 6.77. The van der Waals surface area contributed by atoms with Gasteiger partial charge in [0.15, 0.2) is 0 Å². The summed E-state index contributed by atoms with van der Waals surface area (Å²) in [6, 6.07) is 5.93. The minimum Gasteiger partial charge on any atom is -0.355 e. The van der Waals surface area contributed by atoms with Crippen molar-refractivity contribution in [3.63, 3.8) is 0 Å². The first-order chi connectivity index (χ1) is 10.8. The van der Waals surface area contributed by atoms with Gasteiger partial charge < -0.3 is 15.5 Å². The molecule has 1 saturated carbocycles. The number of benzene rings is 1. The summed E-state index contributed by atoms with van der Waals surface area (Å²) in [5, 5.41) is 5.84. The normalized spacial score (nSPS) is 15.3. The van der Waals surface area contributed by atoms with E-state index in [4.69, 9.17) is 0 Å². The van der Waals surface area contributed by atoms with Crippen LogP contribution in [0.5, 0.6) is 0 Å². The second-order valence-corrected chi connectivity index (χ2v) is 6.77. The molecule has 2 rings (SSSR count). The van der Waals surface area contributed by atoms with Crippen LogP contribution >= 0.6 is 0 Å². The molecule has 1 aliphatic rings. The lowest BCUT2D eigenvalue weighted by Gasteiger charge is -2.17. The van der Waals surface area contributed by atoms with Crippen LogP contribution in [0.2, 0.25) is 0 Å². The Labute approximate surface area is 138 Å². The maximum atomic E-state index is 12.6. The molecule has 0 heterocycles. The largest absolute Gasteiger partial charge is 0.355 e. The van der Waals surface area contributed by atoms with Crippen LogP contribution in [-0.4, -0.2) is 43.9 Å². The van der Waals surface area contributed by atoms with Crippen molar-refractivity contribution in [3.05, 3.63) is 29.3 Å². The Kier molecular flexibility index (Phi) is 5.42. The highest BCUT2D eigenvalue weighted by atomic mass is 16.2. The summed E-state index contributed by atoms with van der Waals surface area (Å²) in [6.45, 7) is 5.47. The van der Waals surface area contributed by atoms with E-state index in [0.29, 0.717) is 19.4 Å². The van der Waals surface area contributed by atoms with E-state index in [1.807, 2.05) is 46.1 Å². The lowest BCUT2D eigenvalue weighted by Crippen LogP contribution is -2.40. The molecule has 0 bridgehead atoms. The summed E-state index contributed by atoms with van der Waals surface area (Å²) in [6.07, 6.45) is 2.14. The fraction of sp³-hybridized carbons (Fsp3) is 0.556. The molecule has 0 atom stereocenters. The molecule has 5 nitrogen and oxygen atoms in total. The highest BCUT2D eigenvalue weighted by Crippen LogP contribution is 2.47. The summed E-state index contributed by atoms with van der Waals surface area (Å²) in [5.41, 5.74) is 2.02. The van der Waals surface area contributed by atoms with Gasteiger partial charge in [0.05, 0.1) is 0 Å². The average Bonchev–Trinajstić information content (AvgIpc) is 3.28. The Morgan fingerprint density at radius 1 is 1.17 bits per heavy atom. The number of anilines is 1. The van der Waals surface area contributed by atoms with Crippen LogP contribution in [0.1, 0.15) is 30.4 Å². The van der Waals surface area contributed by atoms with E-state index < -0.39 is 5.41 Å². The summed E-state index contributed by atoms with van der Waals surface area (Å²) in [4.78, 5) is 27.0. The van der Waals surface area contributed by atoms with Gasteiger partial charge in [-0.15, -0.1) is 0 Å². The van der Waals surface area contributed by atoms with Crippen molar-refractivity contribution in [2.75, 3.05) is 32.5 Å². The first kappa shape index (κ1) is 17.5. The van der Waals surface area contributed by atoms with Gasteiger partial charge in [0.1, 0.15) is 5.41 Å². The van der Waals surface area contributed by atoms with Crippen LogP contribution in [0.3, 0.4) is 0 Å². The molecule has 0 saturated heterocycles. The average molecular weight is 317 g/mol. The predicted molar refractivity (Wildman–Crippen MR) is 92.4 cm³/mol. The van der Waals surface area contributed by atoms with Crippen LogP contribution in [0.25, 0.3) is 0 Å². The molecule has 1 aromatic carbocycles. The molecule has 0 radical (unpaired) electrons. The van der Waals surface area contributed by atoms with Crippen LogP contribution < -0.4 is 10.6 Å². The molecule has 0 aromatic heterocycles. The minimum atomic E-state index is -0.867. The first-order valence-corrected chi connectivity index (χ1v) is 8.17. The Morgan fingerprint density at radius 3 is 2.48 bits per heavy atom. The van der Waals surface area contributed by atoms with Gasteiger partial charge in [0, 0.05) is 12.2 Å². The Balaban J connectivity index is 1.93. The molecule has 1 aliphatic carbocycles. The quantitative estimate of drug-likeness (QED) is 0.598. The van der Waals surface area contributed by atoms with Gasteiger partial charge in [0.25, 0.3) is 0 Å². The number of rotatable bonds is 7. The summed E-state index contributed by atoms with van der Waals surface area (Å²) >= 11 is 0. The highest BCUT2D eigenvalue weighted by Gasteiger charge is 2.56. The predicted octanol–water partition coefficient (Wildman–Crippen LogP) is 2.09. The maximum absolute atomic E-state index is 12.6. The fourth-order valence-electron chi connectivity index (χ4n) is 2.56. The van der Waals surface area contributed by atoms with Gasteiger partial charge in [-0.3, -0.25) is 9.59 Å². The number of carbonyl (C=O) groups excluding carboxylic acids is 2. The molecule has 0 unspecified atom stereocenters. The van der Waals surface area contributed by atoms with Gasteiger partial charge in [0.2, 0.25) is 11.8 Å². The highest BCUT2D eigenvalue weighted by molar-refractivity contribution is 6.13.